The van der Waals surface area contributed by atoms with Crippen LogP contribution in [-0.4, -0.2) is 45.9 Å². The Morgan fingerprint density at radius 3 is 2.36 bits per heavy atom. The highest BCUT2D eigenvalue weighted by Gasteiger charge is 2.20. The summed E-state index contributed by atoms with van der Waals surface area (Å²) in [6.07, 6.45) is 1.78. The Bertz CT molecular complexity index is 829. The standard InChI is InChI=1S/C20H21N3O2/c1-22(12-13-24)20(25)18-15-23(14-16-8-4-2-5-9-16)21-19(18)17-10-6-3-7-11-17/h2-11,15,24H,12-14H2,1H3. The molecule has 0 saturated carbocycles. The van der Waals surface area contributed by atoms with Crippen molar-refractivity contribution < 1.29 is 9.90 Å². The number of aromatic nitrogens is 2. The van der Waals surface area contributed by atoms with E-state index < -0.39 is 0 Å². The van der Waals surface area contributed by atoms with Crippen LogP contribution in [0.4, 0.5) is 0 Å². The van der Waals surface area contributed by atoms with E-state index in [-0.39, 0.29) is 19.1 Å². The van der Waals surface area contributed by atoms with Crippen molar-refractivity contribution in [2.45, 2.75) is 6.54 Å². The molecular weight excluding hydrogens is 314 g/mol. The molecule has 0 saturated heterocycles. The second kappa shape index (κ2) is 7.77. The number of amides is 1. The van der Waals surface area contributed by atoms with Gasteiger partial charge in [-0.15, -0.1) is 0 Å². The Labute approximate surface area is 147 Å². The number of aliphatic hydroxyl groups excluding tert-OH is 1. The molecular formula is C20H21N3O2. The minimum Gasteiger partial charge on any atom is -0.395 e. The molecule has 0 bridgehead atoms. The van der Waals surface area contributed by atoms with E-state index in [1.54, 1.807) is 17.9 Å². The molecule has 2 aromatic carbocycles. The van der Waals surface area contributed by atoms with Gasteiger partial charge in [-0.2, -0.15) is 5.10 Å². The van der Waals surface area contributed by atoms with Crippen LogP contribution in [0.25, 0.3) is 11.3 Å². The first kappa shape index (κ1) is 16.9. The van der Waals surface area contributed by atoms with Gasteiger partial charge in [-0.1, -0.05) is 60.7 Å². The van der Waals surface area contributed by atoms with Gasteiger partial charge >= 0.3 is 0 Å². The third kappa shape index (κ3) is 3.95. The van der Waals surface area contributed by atoms with Gasteiger partial charge in [0.25, 0.3) is 5.91 Å². The van der Waals surface area contributed by atoms with E-state index >= 15 is 0 Å². The second-order valence-corrected chi connectivity index (χ2v) is 5.89. The van der Waals surface area contributed by atoms with Gasteiger partial charge in [-0.3, -0.25) is 9.48 Å². The Morgan fingerprint density at radius 2 is 1.72 bits per heavy atom. The first-order valence-electron chi connectivity index (χ1n) is 8.22. The van der Waals surface area contributed by atoms with Gasteiger partial charge in [-0.25, -0.2) is 0 Å². The number of aliphatic hydroxyl groups is 1. The lowest BCUT2D eigenvalue weighted by Gasteiger charge is -2.15. The zero-order valence-corrected chi connectivity index (χ0v) is 14.2. The number of hydrogen-bond donors (Lipinski definition) is 1. The summed E-state index contributed by atoms with van der Waals surface area (Å²) in [5.41, 5.74) is 3.21. The number of rotatable bonds is 6. The van der Waals surface area contributed by atoms with Crippen LogP contribution in [0.15, 0.2) is 66.9 Å². The van der Waals surface area contributed by atoms with E-state index in [1.165, 1.54) is 4.90 Å². The van der Waals surface area contributed by atoms with Crippen molar-refractivity contribution in [3.63, 3.8) is 0 Å². The lowest BCUT2D eigenvalue weighted by Crippen LogP contribution is -2.29. The summed E-state index contributed by atoms with van der Waals surface area (Å²) >= 11 is 0. The van der Waals surface area contributed by atoms with Crippen molar-refractivity contribution in [3.8, 4) is 11.3 Å². The molecule has 1 N–H and O–H groups in total. The Morgan fingerprint density at radius 1 is 1.08 bits per heavy atom. The summed E-state index contributed by atoms with van der Waals surface area (Å²) in [6.45, 7) is 0.815. The molecule has 5 heteroatoms. The Balaban J connectivity index is 1.98. The van der Waals surface area contributed by atoms with Gasteiger partial charge in [0.15, 0.2) is 0 Å². The van der Waals surface area contributed by atoms with E-state index in [0.717, 1.165) is 11.1 Å². The van der Waals surface area contributed by atoms with Crippen molar-refractivity contribution in [1.82, 2.24) is 14.7 Å². The number of likely N-dealkylation sites (N-methyl/N-ethyl adjacent to an activating group) is 1. The molecule has 0 fully saturated rings. The highest BCUT2D eigenvalue weighted by molar-refractivity contribution is 5.99. The van der Waals surface area contributed by atoms with Crippen LogP contribution in [0, 0.1) is 0 Å². The third-order valence-corrected chi connectivity index (χ3v) is 4.01. The summed E-state index contributed by atoms with van der Waals surface area (Å²) < 4.78 is 1.79. The predicted molar refractivity (Wildman–Crippen MR) is 97.3 cm³/mol. The number of hydrogen-bond acceptors (Lipinski definition) is 3. The smallest absolute Gasteiger partial charge is 0.257 e. The van der Waals surface area contributed by atoms with E-state index in [4.69, 9.17) is 5.11 Å². The Kier molecular flexibility index (Phi) is 5.26. The molecule has 1 amide bonds. The maximum absolute atomic E-state index is 12.8. The molecule has 128 valence electrons. The number of carbonyl (C=O) groups excluding carboxylic acids is 1. The van der Waals surface area contributed by atoms with Crippen LogP contribution in [0.5, 0.6) is 0 Å². The molecule has 0 aliphatic rings. The average molecular weight is 335 g/mol. The third-order valence-electron chi connectivity index (χ3n) is 4.01. The van der Waals surface area contributed by atoms with Crippen LogP contribution in [-0.2, 0) is 6.54 Å². The van der Waals surface area contributed by atoms with Crippen LogP contribution in [0.2, 0.25) is 0 Å². The fourth-order valence-electron chi connectivity index (χ4n) is 2.70. The summed E-state index contributed by atoms with van der Waals surface area (Å²) in [6, 6.07) is 19.7. The van der Waals surface area contributed by atoms with Gasteiger partial charge in [0.2, 0.25) is 0 Å². The van der Waals surface area contributed by atoms with Gasteiger partial charge in [0, 0.05) is 25.4 Å². The normalized spacial score (nSPS) is 10.6. The fraction of sp³-hybridized carbons (Fsp3) is 0.200. The van der Waals surface area contributed by atoms with Crippen molar-refractivity contribution in [3.05, 3.63) is 78.0 Å². The zero-order valence-electron chi connectivity index (χ0n) is 14.2. The molecule has 3 rings (SSSR count). The predicted octanol–water partition coefficient (Wildman–Crippen LogP) is 2.66. The van der Waals surface area contributed by atoms with Crippen LogP contribution < -0.4 is 0 Å². The number of carbonyl (C=O) groups is 1. The summed E-state index contributed by atoms with van der Waals surface area (Å²) in [5.74, 6) is -0.146. The molecule has 0 aliphatic heterocycles. The van der Waals surface area contributed by atoms with Crippen molar-refractivity contribution >= 4 is 5.91 Å². The minimum absolute atomic E-state index is 0.0684. The molecule has 1 heterocycles. The molecule has 0 spiro atoms. The largest absolute Gasteiger partial charge is 0.395 e. The topological polar surface area (TPSA) is 58.4 Å². The number of nitrogens with zero attached hydrogens (tertiary/aromatic N) is 3. The number of benzene rings is 2. The maximum atomic E-state index is 12.8. The molecule has 0 aliphatic carbocycles. The first-order chi connectivity index (χ1) is 12.2. The zero-order chi connectivity index (χ0) is 17.6. The van der Waals surface area contributed by atoms with Crippen LogP contribution in [0.3, 0.4) is 0 Å². The van der Waals surface area contributed by atoms with Gasteiger partial charge in [0.05, 0.1) is 18.7 Å². The van der Waals surface area contributed by atoms with Gasteiger partial charge in [0.1, 0.15) is 5.69 Å². The average Bonchev–Trinajstić information content (AvgIpc) is 3.06. The van der Waals surface area contributed by atoms with E-state index in [2.05, 4.69) is 5.10 Å². The molecule has 25 heavy (non-hydrogen) atoms. The molecule has 0 radical (unpaired) electrons. The Hall–Kier alpha value is -2.92. The SMILES string of the molecule is CN(CCO)C(=O)c1cn(Cc2ccccc2)nc1-c1ccccc1. The van der Waals surface area contributed by atoms with Crippen LogP contribution >= 0.6 is 0 Å². The van der Waals surface area contributed by atoms with Gasteiger partial charge < -0.3 is 10.0 Å². The molecule has 0 atom stereocenters. The van der Waals surface area contributed by atoms with Crippen molar-refractivity contribution in [2.24, 2.45) is 0 Å². The summed E-state index contributed by atoms with van der Waals surface area (Å²) in [4.78, 5) is 14.3. The monoisotopic (exact) mass is 335 g/mol. The molecule has 3 aromatic rings. The highest BCUT2D eigenvalue weighted by atomic mass is 16.3. The lowest BCUT2D eigenvalue weighted by molar-refractivity contribution is 0.0767. The van der Waals surface area contributed by atoms with Crippen LogP contribution in [0.1, 0.15) is 15.9 Å². The van der Waals surface area contributed by atoms with E-state index in [0.29, 0.717) is 17.8 Å². The molecule has 1 aromatic heterocycles. The van der Waals surface area contributed by atoms with Crippen molar-refractivity contribution in [1.29, 1.82) is 0 Å². The lowest BCUT2D eigenvalue weighted by atomic mass is 10.1. The van der Waals surface area contributed by atoms with Gasteiger partial charge in [-0.05, 0) is 5.56 Å². The maximum Gasteiger partial charge on any atom is 0.257 e. The van der Waals surface area contributed by atoms with Crippen molar-refractivity contribution in [2.75, 3.05) is 20.2 Å². The summed E-state index contributed by atoms with van der Waals surface area (Å²) in [7, 11) is 1.68. The second-order valence-electron chi connectivity index (χ2n) is 5.89. The highest BCUT2D eigenvalue weighted by Crippen LogP contribution is 2.23. The van der Waals surface area contributed by atoms with E-state index in [1.807, 2.05) is 60.7 Å². The molecule has 0 unspecified atom stereocenters. The van der Waals surface area contributed by atoms with E-state index in [9.17, 15) is 4.79 Å². The minimum atomic E-state index is -0.146. The quantitative estimate of drug-likeness (QED) is 0.753. The fourth-order valence-corrected chi connectivity index (χ4v) is 2.70. The summed E-state index contributed by atoms with van der Waals surface area (Å²) in [5, 5.41) is 13.8. The first-order valence-corrected chi connectivity index (χ1v) is 8.22. The molecule has 5 nitrogen and oxygen atoms in total.